The molecule has 0 saturated carbocycles. The van der Waals surface area contributed by atoms with Crippen LogP contribution in [0.3, 0.4) is 0 Å². The Morgan fingerprint density at radius 1 is 0.875 bits per heavy atom. The number of benzene rings is 2. The van der Waals surface area contributed by atoms with Gasteiger partial charge in [0.15, 0.2) is 0 Å². The van der Waals surface area contributed by atoms with Crippen LogP contribution in [0.5, 0.6) is 5.75 Å². The lowest BCUT2D eigenvalue weighted by Gasteiger charge is -2.53. The lowest BCUT2D eigenvalue weighted by atomic mass is 9.83. The van der Waals surface area contributed by atoms with Gasteiger partial charge >= 0.3 is 5.97 Å². The summed E-state index contributed by atoms with van der Waals surface area (Å²) in [4.78, 5) is 54.6. The summed E-state index contributed by atoms with van der Waals surface area (Å²) in [5, 5.41) is 0. The molecule has 3 atom stereocenters. The minimum absolute atomic E-state index is 0.240. The number of amides is 3. The van der Waals surface area contributed by atoms with Crippen LogP contribution in [-0.2, 0) is 14.3 Å². The first-order chi connectivity index (χ1) is 15.3. The SMILES string of the molecule is COC(=O)[C@H](C(C)C)N1C(=O)[C@H](N2C(=O)c3ccccc3C2=O)[C@H]1c1ccc(OC)cc1. The normalized spacial score (nSPS) is 20.8. The summed E-state index contributed by atoms with van der Waals surface area (Å²) in [5.74, 6) is -1.66. The van der Waals surface area contributed by atoms with Crippen molar-refractivity contribution in [1.82, 2.24) is 9.80 Å². The number of likely N-dealkylation sites (tertiary alicyclic amines) is 1. The van der Waals surface area contributed by atoms with Crippen LogP contribution in [0.25, 0.3) is 0 Å². The standard InChI is InChI=1S/C24H24N2O6/c1-13(2)18(24(30)32-4)25-19(14-9-11-15(31-3)12-10-14)20(23(25)29)26-21(27)16-7-5-6-8-17(16)22(26)28/h5-13,18-20H,1-4H3/t18-,19+,20+/m0/s1. The first kappa shape index (κ1) is 21.5. The molecule has 1 saturated heterocycles. The van der Waals surface area contributed by atoms with Crippen LogP contribution in [-0.4, -0.2) is 59.8 Å². The zero-order valence-electron chi connectivity index (χ0n) is 18.3. The molecule has 8 heteroatoms. The van der Waals surface area contributed by atoms with E-state index in [1.807, 2.05) is 13.8 Å². The van der Waals surface area contributed by atoms with E-state index in [9.17, 15) is 19.2 Å². The Labute approximate surface area is 185 Å². The van der Waals surface area contributed by atoms with Gasteiger partial charge in [0.25, 0.3) is 11.8 Å². The number of nitrogens with zero attached hydrogens (tertiary/aromatic N) is 2. The molecule has 32 heavy (non-hydrogen) atoms. The van der Waals surface area contributed by atoms with Crippen molar-refractivity contribution in [1.29, 1.82) is 0 Å². The average molecular weight is 436 g/mol. The Balaban J connectivity index is 1.78. The smallest absolute Gasteiger partial charge is 0.328 e. The van der Waals surface area contributed by atoms with Gasteiger partial charge < -0.3 is 14.4 Å². The first-order valence-electron chi connectivity index (χ1n) is 10.3. The third-order valence-electron chi connectivity index (χ3n) is 6.04. The van der Waals surface area contributed by atoms with Crippen LogP contribution < -0.4 is 4.74 Å². The number of β-lactam (4-membered cyclic amide) rings is 1. The molecule has 2 aromatic carbocycles. The molecule has 2 aromatic rings. The van der Waals surface area contributed by atoms with Gasteiger partial charge in [-0.3, -0.25) is 19.3 Å². The van der Waals surface area contributed by atoms with Crippen LogP contribution in [0.1, 0.15) is 46.2 Å². The fraction of sp³-hybridized carbons (Fsp3) is 0.333. The molecule has 1 fully saturated rings. The number of imide groups is 1. The number of esters is 1. The number of carbonyl (C=O) groups is 4. The maximum atomic E-state index is 13.4. The predicted octanol–water partition coefficient (Wildman–Crippen LogP) is 2.44. The summed E-state index contributed by atoms with van der Waals surface area (Å²) in [6.45, 7) is 3.63. The highest BCUT2D eigenvalue weighted by molar-refractivity contribution is 6.23. The van der Waals surface area contributed by atoms with Crippen LogP contribution >= 0.6 is 0 Å². The molecule has 0 radical (unpaired) electrons. The highest BCUT2D eigenvalue weighted by Crippen LogP contribution is 2.44. The molecular formula is C24H24N2O6. The molecule has 0 unspecified atom stereocenters. The molecule has 2 aliphatic rings. The molecule has 0 aromatic heterocycles. The van der Waals surface area contributed by atoms with Crippen molar-refractivity contribution in [2.24, 2.45) is 5.92 Å². The zero-order chi connectivity index (χ0) is 23.2. The fourth-order valence-electron chi connectivity index (χ4n) is 4.49. The van der Waals surface area contributed by atoms with Gasteiger partial charge in [-0.05, 0) is 35.7 Å². The second-order valence-corrected chi connectivity index (χ2v) is 8.15. The van der Waals surface area contributed by atoms with Gasteiger partial charge in [0, 0.05) is 0 Å². The summed E-state index contributed by atoms with van der Waals surface area (Å²) in [7, 11) is 2.81. The van der Waals surface area contributed by atoms with E-state index < -0.39 is 41.8 Å². The lowest BCUT2D eigenvalue weighted by molar-refractivity contribution is -0.173. The Hall–Kier alpha value is -3.68. The minimum Gasteiger partial charge on any atom is -0.497 e. The molecule has 4 rings (SSSR count). The average Bonchev–Trinajstić information content (AvgIpc) is 3.05. The van der Waals surface area contributed by atoms with Crippen LogP contribution in [0.15, 0.2) is 48.5 Å². The van der Waals surface area contributed by atoms with Crippen LogP contribution in [0, 0.1) is 5.92 Å². The molecular weight excluding hydrogens is 412 g/mol. The molecule has 8 nitrogen and oxygen atoms in total. The number of rotatable bonds is 6. The minimum atomic E-state index is -1.05. The van der Waals surface area contributed by atoms with Crippen molar-refractivity contribution in [2.75, 3.05) is 14.2 Å². The van der Waals surface area contributed by atoms with E-state index in [2.05, 4.69) is 0 Å². The Morgan fingerprint density at radius 3 is 1.91 bits per heavy atom. The van der Waals surface area contributed by atoms with Crippen molar-refractivity contribution >= 4 is 23.7 Å². The van der Waals surface area contributed by atoms with E-state index in [0.717, 1.165) is 4.90 Å². The van der Waals surface area contributed by atoms with E-state index in [-0.39, 0.29) is 17.0 Å². The molecule has 166 valence electrons. The molecule has 0 spiro atoms. The second-order valence-electron chi connectivity index (χ2n) is 8.15. The highest BCUT2D eigenvalue weighted by atomic mass is 16.5. The van der Waals surface area contributed by atoms with Crippen molar-refractivity contribution < 1.29 is 28.7 Å². The van der Waals surface area contributed by atoms with Crippen molar-refractivity contribution in [3.63, 3.8) is 0 Å². The summed E-state index contributed by atoms with van der Waals surface area (Å²) in [6.07, 6.45) is 0. The van der Waals surface area contributed by atoms with Crippen molar-refractivity contribution in [2.45, 2.75) is 32.0 Å². The number of methoxy groups -OCH3 is 2. The fourth-order valence-corrected chi connectivity index (χ4v) is 4.49. The maximum Gasteiger partial charge on any atom is 0.328 e. The van der Waals surface area contributed by atoms with Gasteiger partial charge in [0.1, 0.15) is 17.8 Å². The monoisotopic (exact) mass is 436 g/mol. The number of carbonyl (C=O) groups excluding carboxylic acids is 4. The van der Waals surface area contributed by atoms with Crippen LogP contribution in [0.2, 0.25) is 0 Å². The van der Waals surface area contributed by atoms with Gasteiger partial charge in [-0.15, -0.1) is 0 Å². The molecule has 0 N–H and O–H groups in total. The zero-order valence-corrected chi connectivity index (χ0v) is 18.3. The van der Waals surface area contributed by atoms with Gasteiger partial charge in [0.2, 0.25) is 5.91 Å². The Morgan fingerprint density at radius 2 is 1.44 bits per heavy atom. The van der Waals surface area contributed by atoms with Crippen molar-refractivity contribution in [3.8, 4) is 5.75 Å². The van der Waals surface area contributed by atoms with Crippen molar-refractivity contribution in [3.05, 3.63) is 65.2 Å². The maximum absolute atomic E-state index is 13.4. The topological polar surface area (TPSA) is 93.2 Å². The molecule has 2 heterocycles. The van der Waals surface area contributed by atoms with Gasteiger partial charge in [0.05, 0.1) is 31.4 Å². The molecule has 0 bridgehead atoms. The Kier molecular flexibility index (Phi) is 5.46. The number of hydrogen-bond acceptors (Lipinski definition) is 6. The number of ether oxygens (including phenoxy) is 2. The predicted molar refractivity (Wildman–Crippen MR) is 114 cm³/mol. The second kappa shape index (κ2) is 8.11. The van der Waals surface area contributed by atoms with E-state index in [4.69, 9.17) is 9.47 Å². The molecule has 2 aliphatic heterocycles. The molecule has 0 aliphatic carbocycles. The van der Waals surface area contributed by atoms with Gasteiger partial charge in [-0.25, -0.2) is 4.79 Å². The van der Waals surface area contributed by atoms with Crippen LogP contribution in [0.4, 0.5) is 0 Å². The summed E-state index contributed by atoms with van der Waals surface area (Å²) < 4.78 is 10.2. The van der Waals surface area contributed by atoms with Gasteiger partial charge in [-0.2, -0.15) is 0 Å². The van der Waals surface area contributed by atoms with E-state index in [1.54, 1.807) is 55.6 Å². The third kappa shape index (κ3) is 3.14. The van der Waals surface area contributed by atoms with E-state index in [0.29, 0.717) is 11.3 Å². The third-order valence-corrected chi connectivity index (χ3v) is 6.04. The van der Waals surface area contributed by atoms with E-state index >= 15 is 0 Å². The molecule has 3 amide bonds. The number of hydrogen-bond donors (Lipinski definition) is 0. The van der Waals surface area contributed by atoms with E-state index in [1.165, 1.54) is 12.0 Å². The summed E-state index contributed by atoms with van der Waals surface area (Å²) in [6, 6.07) is 10.9. The quantitative estimate of drug-likeness (QED) is 0.392. The largest absolute Gasteiger partial charge is 0.497 e. The summed E-state index contributed by atoms with van der Waals surface area (Å²) in [5.41, 5.74) is 1.22. The Bertz CT molecular complexity index is 1060. The number of fused-ring (bicyclic) bond motifs is 1. The highest BCUT2D eigenvalue weighted by Gasteiger charge is 2.60. The summed E-state index contributed by atoms with van der Waals surface area (Å²) >= 11 is 0. The first-order valence-corrected chi connectivity index (χ1v) is 10.3. The van der Waals surface area contributed by atoms with Gasteiger partial charge in [-0.1, -0.05) is 38.1 Å². The lowest BCUT2D eigenvalue weighted by Crippen LogP contribution is -2.70.